The summed E-state index contributed by atoms with van der Waals surface area (Å²) in [4.78, 5) is 2.21. The number of nitrogens with zero attached hydrogens (tertiary/aromatic N) is 2. The number of unbranched alkanes of at least 4 members (excludes halogenated alkanes) is 2. The Morgan fingerprint density at radius 3 is 2.78 bits per heavy atom. The summed E-state index contributed by atoms with van der Waals surface area (Å²) in [6, 6.07) is 0. The van der Waals surface area contributed by atoms with Crippen LogP contribution in [0.15, 0.2) is 0 Å². The molecule has 0 aromatic heterocycles. The molecule has 1 N–H and O–H groups in total. The van der Waals surface area contributed by atoms with Crippen LogP contribution in [-0.4, -0.2) is 22.5 Å². The molecule has 0 aromatic carbocycles. The second kappa shape index (κ2) is 8.88. The van der Waals surface area contributed by atoms with Gasteiger partial charge in [0.25, 0.3) is 0 Å². The van der Waals surface area contributed by atoms with Gasteiger partial charge in [0.1, 0.15) is 0 Å². The van der Waals surface area contributed by atoms with Gasteiger partial charge in [0.05, 0.1) is 15.5 Å². The molecule has 0 saturated carbocycles. The summed E-state index contributed by atoms with van der Waals surface area (Å²) in [6.07, 6.45) is 2.48. The van der Waals surface area contributed by atoms with Crippen molar-refractivity contribution in [1.82, 2.24) is 14.2 Å². The Hall–Kier alpha value is 0.810. The van der Waals surface area contributed by atoms with E-state index in [4.69, 9.17) is 0 Å². The van der Waals surface area contributed by atoms with Gasteiger partial charge in [-0.1, -0.05) is 19.8 Å². The quantitative estimate of drug-likeness (QED) is 0.247. The molecule has 0 amide bonds. The minimum absolute atomic E-state index is 0.131. The van der Waals surface area contributed by atoms with Crippen molar-refractivity contribution in [2.75, 3.05) is 6.61 Å². The Bertz CT molecular complexity index is 248. The lowest BCUT2D eigenvalue weighted by molar-refractivity contribution is -0.165. The van der Waals surface area contributed by atoms with Crippen LogP contribution in [0.5, 0.6) is 0 Å². The van der Waals surface area contributed by atoms with Crippen LogP contribution in [0.25, 0.3) is 0 Å². The Morgan fingerprint density at radius 2 is 2.11 bits per heavy atom. The van der Waals surface area contributed by atoms with Gasteiger partial charge in [0.15, 0.2) is 0 Å². The molecule has 0 spiro atoms. The van der Waals surface area contributed by atoms with Crippen LogP contribution < -0.4 is 4.86 Å². The highest BCUT2D eigenvalue weighted by atomic mass is 31.3. The topological polar surface area (TPSA) is 37.0 Å². The number of nitrogens with one attached hydrogen (secondary N) is 1. The van der Waals surface area contributed by atoms with E-state index < -0.39 is 37.1 Å². The molecule has 1 aliphatic rings. The Balaban J connectivity index is 2.24. The Labute approximate surface area is 107 Å². The molecule has 1 heterocycles. The SMILES string of the molecule is CCCCCOC(F)OP1NPN(F)P(F)N1F. The molecule has 0 aliphatic carbocycles. The minimum atomic E-state index is -3.24. The number of halogens is 4. The fourth-order valence-electron chi connectivity index (χ4n) is 1.00. The van der Waals surface area contributed by atoms with Crippen LogP contribution >= 0.6 is 25.9 Å². The zero-order chi connectivity index (χ0) is 13.5. The van der Waals surface area contributed by atoms with E-state index in [1.54, 1.807) is 0 Å². The lowest BCUT2D eigenvalue weighted by Crippen LogP contribution is -2.23. The first-order chi connectivity index (χ1) is 8.56. The summed E-state index contributed by atoms with van der Waals surface area (Å²) in [7, 11) is -6.41. The number of hydrogen-bond donors (Lipinski definition) is 1. The van der Waals surface area contributed by atoms with Crippen molar-refractivity contribution in [3.8, 4) is 0 Å². The largest absolute Gasteiger partial charge is 0.326 e. The van der Waals surface area contributed by atoms with Gasteiger partial charge in [-0.25, -0.2) is 4.86 Å². The third-order valence-electron chi connectivity index (χ3n) is 1.85. The molecule has 1 aliphatic heterocycles. The van der Waals surface area contributed by atoms with Crippen LogP contribution in [-0.2, 0) is 9.26 Å². The monoisotopic (exact) mass is 329 g/mol. The number of hydrogen-bond acceptors (Lipinski definition) is 5. The zero-order valence-corrected chi connectivity index (χ0v) is 12.3. The first-order valence-electron chi connectivity index (χ1n) is 5.17. The van der Waals surface area contributed by atoms with Crippen molar-refractivity contribution in [3.63, 3.8) is 0 Å². The summed E-state index contributed by atoms with van der Waals surface area (Å²) in [5.74, 6) is 0. The second-order valence-corrected chi connectivity index (χ2v) is 7.69. The average molecular weight is 329 g/mol. The van der Waals surface area contributed by atoms with Crippen LogP contribution in [0.3, 0.4) is 0 Å². The molecule has 0 radical (unpaired) electrons. The van der Waals surface area contributed by atoms with Gasteiger partial charge in [-0.3, -0.25) is 4.52 Å². The van der Waals surface area contributed by atoms with Gasteiger partial charge < -0.3 is 4.74 Å². The molecule has 18 heavy (non-hydrogen) atoms. The normalized spacial score (nSPS) is 29.8. The summed E-state index contributed by atoms with van der Waals surface area (Å²) in [6.45, 7) is -0.0443. The van der Waals surface area contributed by atoms with Crippen molar-refractivity contribution in [3.05, 3.63) is 0 Å². The van der Waals surface area contributed by atoms with Crippen LogP contribution in [0.4, 0.5) is 17.5 Å². The van der Waals surface area contributed by atoms with E-state index in [2.05, 4.69) is 14.1 Å². The van der Waals surface area contributed by atoms with Gasteiger partial charge in [0, 0.05) is 0 Å². The molecule has 4 atom stereocenters. The Morgan fingerprint density at radius 1 is 1.39 bits per heavy atom. The molecule has 1 rings (SSSR count). The molecule has 12 heteroatoms. The smallest absolute Gasteiger partial charge is 0.314 e. The van der Waals surface area contributed by atoms with Crippen LogP contribution in [0.1, 0.15) is 26.2 Å². The maximum Gasteiger partial charge on any atom is 0.314 e. The van der Waals surface area contributed by atoms with E-state index in [1.807, 2.05) is 6.92 Å². The van der Waals surface area contributed by atoms with E-state index in [0.29, 0.717) is 6.42 Å². The van der Waals surface area contributed by atoms with Gasteiger partial charge >= 0.3 is 15.1 Å². The summed E-state index contributed by atoms with van der Waals surface area (Å²) in [5, 5.41) is 0. The van der Waals surface area contributed by atoms with Gasteiger partial charge in [-0.05, 0) is 15.7 Å². The Kier molecular flexibility index (Phi) is 8.32. The summed E-state index contributed by atoms with van der Waals surface area (Å²) >= 11 is 0. The van der Waals surface area contributed by atoms with E-state index in [1.165, 1.54) is 0 Å². The number of ether oxygens (including phenoxy) is 1. The lowest BCUT2D eigenvalue weighted by atomic mass is 10.3. The van der Waals surface area contributed by atoms with Crippen molar-refractivity contribution < 1.29 is 26.8 Å². The zero-order valence-electron chi connectivity index (χ0n) is 9.52. The van der Waals surface area contributed by atoms with Crippen molar-refractivity contribution >= 4 is 25.9 Å². The average Bonchev–Trinajstić information content (AvgIpc) is 2.35. The van der Waals surface area contributed by atoms with Crippen molar-refractivity contribution in [2.45, 2.75) is 32.7 Å². The molecule has 0 aromatic rings. The van der Waals surface area contributed by atoms with Crippen molar-refractivity contribution in [2.24, 2.45) is 0 Å². The predicted molar refractivity (Wildman–Crippen MR) is 63.8 cm³/mol. The van der Waals surface area contributed by atoms with Gasteiger partial charge in [-0.2, -0.15) is 8.59 Å². The van der Waals surface area contributed by atoms with Gasteiger partial charge in [-0.15, -0.1) is 8.96 Å². The molecule has 4 unspecified atom stereocenters. The minimum Gasteiger partial charge on any atom is -0.326 e. The molecule has 108 valence electrons. The fraction of sp³-hybridized carbons (Fsp3) is 1.00. The first-order valence-corrected chi connectivity index (χ1v) is 8.47. The van der Waals surface area contributed by atoms with Crippen LogP contribution in [0, 0.1) is 0 Å². The molecule has 1 fully saturated rings. The predicted octanol–water partition coefficient (Wildman–Crippen LogP) is 4.37. The highest BCUT2D eigenvalue weighted by Gasteiger charge is 2.41. The molecule has 0 bridgehead atoms. The number of rotatable bonds is 7. The first kappa shape index (κ1) is 16.9. The molecular weight excluding hydrogens is 315 g/mol. The summed E-state index contributed by atoms with van der Waals surface area (Å²) < 4.78 is 60.1. The highest BCUT2D eigenvalue weighted by Crippen LogP contribution is 2.67. The third-order valence-corrected chi connectivity index (χ3v) is 6.15. The second-order valence-electron chi connectivity index (χ2n) is 3.20. The maximum atomic E-state index is 13.1. The molecular formula is C6H14F4N3O2P3. The molecule has 5 nitrogen and oxygen atoms in total. The maximum absolute atomic E-state index is 13.1. The van der Waals surface area contributed by atoms with Crippen LogP contribution in [0.2, 0.25) is 0 Å². The van der Waals surface area contributed by atoms with E-state index in [0.717, 1.165) is 12.8 Å². The van der Waals surface area contributed by atoms with Gasteiger partial charge in [0.2, 0.25) is 8.45 Å². The lowest BCUT2D eigenvalue weighted by Gasteiger charge is -2.32. The molecule has 1 saturated heterocycles. The summed E-state index contributed by atoms with van der Waals surface area (Å²) in [5.41, 5.74) is 0. The van der Waals surface area contributed by atoms with E-state index in [9.17, 15) is 17.5 Å². The number of alkyl halides is 1. The highest BCUT2D eigenvalue weighted by molar-refractivity contribution is 7.74. The van der Waals surface area contributed by atoms with E-state index in [-0.39, 0.29) is 11.3 Å². The van der Waals surface area contributed by atoms with E-state index >= 15 is 0 Å². The third kappa shape index (κ3) is 5.43. The standard InChI is InChI=1S/C6H14F4N3O2P3/c1-2-3-4-5-14-6(7)15-18-11-16-12(8)17(10)13(18)9/h6,11,16H,2-5H2,1H3. The van der Waals surface area contributed by atoms with Crippen molar-refractivity contribution in [1.29, 1.82) is 0 Å². The fourth-order valence-corrected chi connectivity index (χ4v) is 5.11.